The van der Waals surface area contributed by atoms with Gasteiger partial charge in [0.15, 0.2) is 12.3 Å². The van der Waals surface area contributed by atoms with Gasteiger partial charge in [0, 0.05) is 23.0 Å². The van der Waals surface area contributed by atoms with Gasteiger partial charge in [0.1, 0.15) is 42.2 Å². The molecule has 0 saturated carbocycles. The van der Waals surface area contributed by atoms with E-state index in [2.05, 4.69) is 25.7 Å². The van der Waals surface area contributed by atoms with E-state index in [4.69, 9.17) is 16.3 Å². The van der Waals surface area contributed by atoms with Crippen molar-refractivity contribution in [3.63, 3.8) is 0 Å². The first kappa shape index (κ1) is 26.0. The normalized spacial score (nSPS) is 16.7. The second-order valence-corrected chi connectivity index (χ2v) is 8.59. The number of fused-ring (bicyclic) bond motifs is 1. The topological polar surface area (TPSA) is 129 Å². The van der Waals surface area contributed by atoms with E-state index in [9.17, 15) is 19.1 Å². The number of nitrogens with zero attached hydrogens (tertiary/aromatic N) is 4. The molecule has 10 nitrogen and oxygen atoms in total. The van der Waals surface area contributed by atoms with Crippen LogP contribution < -0.4 is 20.5 Å². The monoisotopic (exact) mass is 526 g/mol. The van der Waals surface area contributed by atoms with Gasteiger partial charge in [-0.1, -0.05) is 11.2 Å². The van der Waals surface area contributed by atoms with Gasteiger partial charge in [-0.25, -0.2) is 14.4 Å². The number of rotatable bonds is 11. The Morgan fingerprint density at radius 3 is 2.76 bits per heavy atom. The number of halogens is 2. The zero-order valence-electron chi connectivity index (χ0n) is 19.9. The number of aromatic nitrogens is 2. The molecule has 2 aromatic carbocycles. The van der Waals surface area contributed by atoms with Gasteiger partial charge in [0.05, 0.1) is 18.1 Å². The number of nitrogens with one attached hydrogen (secondary N) is 2. The number of hydrogen-bond acceptors (Lipinski definition) is 8. The van der Waals surface area contributed by atoms with Gasteiger partial charge in [-0.05, 0) is 43.7 Å². The number of carbonyl (C=O) groups is 2. The van der Waals surface area contributed by atoms with Gasteiger partial charge >= 0.3 is 0 Å². The molecule has 0 aliphatic carbocycles. The summed E-state index contributed by atoms with van der Waals surface area (Å²) in [4.78, 5) is 33.2. The Morgan fingerprint density at radius 2 is 2.03 bits per heavy atom. The molecular weight excluding hydrogens is 503 g/mol. The summed E-state index contributed by atoms with van der Waals surface area (Å²) in [5.74, 6) is -1.02. The quantitative estimate of drug-likeness (QED) is 0.223. The Labute approximate surface area is 217 Å². The number of aliphatic carboxylic acids is 1. The number of anilines is 2. The standard InChI is InChI=1S/C25H24ClFN6O4/c1-2-33(14-22(34)30-17-6-3-5-16(27)11-17)13-21(23(32-33)25(35)36)31-24-19-8-7-18(37-10-4-9-26)12-20(19)28-15-29-24/h3,5-8,11-13,15H,2,4,9-10,14H2,1H3,(H2-,28,29,30,31,34,35,36). The van der Waals surface area contributed by atoms with Gasteiger partial charge in [0.25, 0.3) is 5.91 Å². The molecular formula is C25H24ClFN6O4. The Morgan fingerprint density at radius 1 is 1.19 bits per heavy atom. The van der Waals surface area contributed by atoms with Gasteiger partial charge in [-0.2, -0.15) is 4.59 Å². The van der Waals surface area contributed by atoms with E-state index in [0.717, 1.165) is 0 Å². The van der Waals surface area contributed by atoms with Crippen molar-refractivity contribution in [2.45, 2.75) is 13.3 Å². The maximum absolute atomic E-state index is 13.5. The lowest BCUT2D eigenvalue weighted by Crippen LogP contribution is -2.43. The molecule has 0 spiro atoms. The number of carbonyl (C=O) groups excluding carboxylic acids is 2. The third-order valence-electron chi connectivity index (χ3n) is 5.60. The summed E-state index contributed by atoms with van der Waals surface area (Å²) in [6.45, 7) is 2.28. The summed E-state index contributed by atoms with van der Waals surface area (Å²) in [5, 5.41) is 22.4. The SMILES string of the molecule is CC[N+]1(CC(=O)Nc2cccc(F)c2)C=C(Nc2ncnc3cc(OCCCCl)ccc23)C(C(=O)[O-])=N1. The van der Waals surface area contributed by atoms with Gasteiger partial charge in [0.2, 0.25) is 0 Å². The smallest absolute Gasteiger partial charge is 0.282 e. The first-order valence-corrected chi connectivity index (χ1v) is 12.0. The molecule has 3 aromatic rings. The van der Waals surface area contributed by atoms with Gasteiger partial charge < -0.3 is 25.3 Å². The Balaban J connectivity index is 1.58. The summed E-state index contributed by atoms with van der Waals surface area (Å²) < 4.78 is 18.8. The number of benzene rings is 2. The van der Waals surface area contributed by atoms with Crippen LogP contribution in [0.15, 0.2) is 65.8 Å². The van der Waals surface area contributed by atoms with Crippen molar-refractivity contribution >= 4 is 51.6 Å². The minimum absolute atomic E-state index is 0.128. The van der Waals surface area contributed by atoms with Gasteiger partial charge in [-0.3, -0.25) is 4.79 Å². The molecule has 12 heteroatoms. The van der Waals surface area contributed by atoms with E-state index >= 15 is 0 Å². The molecule has 37 heavy (non-hydrogen) atoms. The van der Waals surface area contributed by atoms with Crippen LogP contribution in [0.1, 0.15) is 13.3 Å². The number of amides is 1. The van der Waals surface area contributed by atoms with Crippen LogP contribution in [0.25, 0.3) is 10.9 Å². The molecule has 1 aliphatic rings. The zero-order valence-corrected chi connectivity index (χ0v) is 20.7. The number of carboxylic acid groups (broad SMARTS) is 1. The summed E-state index contributed by atoms with van der Waals surface area (Å²) >= 11 is 5.69. The molecule has 0 radical (unpaired) electrons. The summed E-state index contributed by atoms with van der Waals surface area (Å²) in [7, 11) is 0. The molecule has 2 heterocycles. The van der Waals surface area contributed by atoms with Crippen LogP contribution in [0.5, 0.6) is 5.75 Å². The Hall–Kier alpha value is -4.09. The van der Waals surface area contributed by atoms with Crippen molar-refractivity contribution in [3.8, 4) is 5.75 Å². The van der Waals surface area contributed by atoms with E-state index in [1.807, 2.05) is 0 Å². The predicted octanol–water partition coefficient (Wildman–Crippen LogP) is 2.62. The molecule has 4 rings (SSSR count). The lowest BCUT2D eigenvalue weighted by Gasteiger charge is -2.23. The summed E-state index contributed by atoms with van der Waals surface area (Å²) in [5.41, 5.74) is 0.636. The van der Waals surface area contributed by atoms with Crippen LogP contribution in [0.2, 0.25) is 0 Å². The van der Waals surface area contributed by atoms with Crippen molar-refractivity contribution in [3.05, 3.63) is 66.5 Å². The summed E-state index contributed by atoms with van der Waals surface area (Å²) in [6.07, 6.45) is 3.56. The van der Waals surface area contributed by atoms with Crippen LogP contribution in [0.4, 0.5) is 15.9 Å². The highest BCUT2D eigenvalue weighted by atomic mass is 35.5. The summed E-state index contributed by atoms with van der Waals surface area (Å²) in [6, 6.07) is 10.7. The first-order valence-electron chi connectivity index (χ1n) is 11.5. The van der Waals surface area contributed by atoms with Crippen molar-refractivity contribution in [1.82, 2.24) is 9.97 Å². The highest BCUT2D eigenvalue weighted by molar-refractivity contribution is 6.42. The molecule has 2 N–H and O–H groups in total. The van der Waals surface area contributed by atoms with Crippen molar-refractivity contribution in [2.24, 2.45) is 5.10 Å². The number of hydrogen-bond donors (Lipinski definition) is 2. The molecule has 192 valence electrons. The third kappa shape index (κ3) is 6.19. The predicted molar refractivity (Wildman–Crippen MR) is 135 cm³/mol. The average molecular weight is 527 g/mol. The maximum Gasteiger partial charge on any atom is 0.282 e. The zero-order chi connectivity index (χ0) is 26.4. The molecule has 0 fully saturated rings. The van der Waals surface area contributed by atoms with E-state index in [-0.39, 0.29) is 34.8 Å². The van der Waals surface area contributed by atoms with Crippen LogP contribution in [0.3, 0.4) is 0 Å². The number of quaternary nitrogens is 1. The fourth-order valence-corrected chi connectivity index (χ4v) is 3.90. The molecule has 0 bridgehead atoms. The van der Waals surface area contributed by atoms with Crippen LogP contribution >= 0.6 is 11.6 Å². The lowest BCUT2D eigenvalue weighted by atomic mass is 10.2. The van der Waals surface area contributed by atoms with E-state index < -0.39 is 17.7 Å². The van der Waals surface area contributed by atoms with Gasteiger partial charge in [-0.15, -0.1) is 11.6 Å². The first-order chi connectivity index (χ1) is 17.8. The molecule has 0 saturated heterocycles. The molecule has 1 atom stereocenters. The largest absolute Gasteiger partial charge is 0.543 e. The number of alkyl halides is 1. The number of likely N-dealkylation sites (N-methyl/N-ethyl adjacent to an activating group) is 1. The number of carboxylic acids is 1. The second-order valence-electron chi connectivity index (χ2n) is 8.22. The highest BCUT2D eigenvalue weighted by Gasteiger charge is 2.37. The van der Waals surface area contributed by atoms with Crippen LogP contribution in [-0.4, -0.2) is 57.7 Å². The van der Waals surface area contributed by atoms with E-state index in [0.29, 0.717) is 41.4 Å². The van der Waals surface area contributed by atoms with Crippen LogP contribution in [0, 0.1) is 5.82 Å². The third-order valence-corrected chi connectivity index (χ3v) is 5.87. The average Bonchev–Trinajstić information content (AvgIpc) is 3.23. The minimum atomic E-state index is -1.51. The Kier molecular flexibility index (Phi) is 7.95. The fourth-order valence-electron chi connectivity index (χ4n) is 3.79. The maximum atomic E-state index is 13.5. The fraction of sp³-hybridized carbons (Fsp3) is 0.240. The number of ether oxygens (including phenoxy) is 1. The highest BCUT2D eigenvalue weighted by Crippen LogP contribution is 2.28. The minimum Gasteiger partial charge on any atom is -0.543 e. The van der Waals surface area contributed by atoms with Crippen LogP contribution in [-0.2, 0) is 9.59 Å². The van der Waals surface area contributed by atoms with E-state index in [1.165, 1.54) is 30.7 Å². The molecule has 1 unspecified atom stereocenters. The second kappa shape index (κ2) is 11.3. The van der Waals surface area contributed by atoms with Crippen molar-refractivity contribution in [2.75, 3.05) is 36.2 Å². The van der Waals surface area contributed by atoms with Crippen molar-refractivity contribution in [1.29, 1.82) is 0 Å². The van der Waals surface area contributed by atoms with Crippen molar-refractivity contribution < 1.29 is 28.4 Å². The molecule has 1 aliphatic heterocycles. The molecule has 1 aromatic heterocycles. The Bertz CT molecular complexity index is 1400. The lowest BCUT2D eigenvalue weighted by molar-refractivity contribution is -0.874. The van der Waals surface area contributed by atoms with E-state index in [1.54, 1.807) is 31.2 Å². The molecule has 1 amide bonds.